The largest absolute Gasteiger partial charge is 0.416 e. The third-order valence-electron chi connectivity index (χ3n) is 5.36. The van der Waals surface area contributed by atoms with Crippen molar-refractivity contribution in [3.05, 3.63) is 59.7 Å². The first kappa shape index (κ1) is 25.5. The molecule has 1 aliphatic heterocycles. The molecule has 2 aromatic carbocycles. The van der Waals surface area contributed by atoms with Crippen molar-refractivity contribution in [1.29, 1.82) is 0 Å². The fourth-order valence-corrected chi connectivity index (χ4v) is 4.38. The van der Waals surface area contributed by atoms with E-state index in [4.69, 9.17) is 0 Å². The van der Waals surface area contributed by atoms with E-state index in [9.17, 15) is 31.2 Å². The van der Waals surface area contributed by atoms with Gasteiger partial charge in [-0.2, -0.15) is 13.2 Å². The smallest absolute Gasteiger partial charge is 0.368 e. The quantitative estimate of drug-likeness (QED) is 0.606. The number of nitrogens with one attached hydrogen (secondary N) is 2. The van der Waals surface area contributed by atoms with E-state index >= 15 is 0 Å². The van der Waals surface area contributed by atoms with E-state index in [2.05, 4.69) is 10.0 Å². The monoisotopic (exact) mass is 498 g/mol. The van der Waals surface area contributed by atoms with E-state index in [-0.39, 0.29) is 30.4 Å². The first-order chi connectivity index (χ1) is 16.0. The minimum absolute atomic E-state index is 0.0283. The predicted octanol–water partition coefficient (Wildman–Crippen LogP) is 1.76. The van der Waals surface area contributed by atoms with Crippen LogP contribution in [0.4, 0.5) is 18.9 Å². The van der Waals surface area contributed by atoms with Crippen LogP contribution in [0.5, 0.6) is 0 Å². The van der Waals surface area contributed by atoms with Crippen LogP contribution in [-0.4, -0.2) is 64.4 Å². The molecule has 0 radical (unpaired) electrons. The second-order valence-corrected chi connectivity index (χ2v) is 9.60. The Morgan fingerprint density at radius 2 is 1.62 bits per heavy atom. The van der Waals surface area contributed by atoms with E-state index in [1.165, 1.54) is 23.1 Å². The Hall–Kier alpha value is -3.12. The highest BCUT2D eigenvalue weighted by Crippen LogP contribution is 2.31. The van der Waals surface area contributed by atoms with Crippen LogP contribution in [0.2, 0.25) is 0 Å². The highest BCUT2D eigenvalue weighted by molar-refractivity contribution is 7.89. The number of nitrogens with zero attached hydrogens (tertiary/aromatic N) is 2. The molecular formula is C22H25F3N4O4S. The van der Waals surface area contributed by atoms with E-state index in [1.54, 1.807) is 23.1 Å². The summed E-state index contributed by atoms with van der Waals surface area (Å²) in [4.78, 5) is 27.7. The van der Waals surface area contributed by atoms with Crippen molar-refractivity contribution in [1.82, 2.24) is 14.9 Å². The van der Waals surface area contributed by atoms with Gasteiger partial charge >= 0.3 is 6.18 Å². The molecule has 1 saturated heterocycles. The Kier molecular flexibility index (Phi) is 7.82. The van der Waals surface area contributed by atoms with E-state index in [0.717, 1.165) is 17.7 Å². The summed E-state index contributed by atoms with van der Waals surface area (Å²) >= 11 is 0. The molecule has 1 heterocycles. The third-order valence-corrected chi connectivity index (χ3v) is 6.78. The lowest BCUT2D eigenvalue weighted by molar-refractivity contribution is -0.137. The summed E-state index contributed by atoms with van der Waals surface area (Å²) < 4.78 is 65.4. The molecule has 2 N–H and O–H groups in total. The second-order valence-electron chi connectivity index (χ2n) is 7.83. The average molecular weight is 499 g/mol. The summed E-state index contributed by atoms with van der Waals surface area (Å²) in [6.45, 7) is 2.24. The van der Waals surface area contributed by atoms with Gasteiger partial charge in [0, 0.05) is 31.9 Å². The molecule has 0 spiro atoms. The number of carbonyl (C=O) groups excluding carboxylic acids is 2. The van der Waals surface area contributed by atoms with E-state index < -0.39 is 34.2 Å². The van der Waals surface area contributed by atoms with Crippen LogP contribution in [-0.2, 0) is 25.8 Å². The maximum atomic E-state index is 12.9. The molecule has 0 saturated carbocycles. The molecule has 8 nitrogen and oxygen atoms in total. The van der Waals surface area contributed by atoms with Crippen LogP contribution in [0.1, 0.15) is 11.1 Å². The highest BCUT2D eigenvalue weighted by atomic mass is 32.2. The number of alkyl halides is 3. The standard InChI is InChI=1S/C22H25F3N4O4S/c1-16-5-7-19(8-6-16)34(32,33)27-14-20(30)26-15-21(31)29-11-9-28(10-12-29)18-4-2-3-17(13-18)22(23,24)25/h2-8,13,27H,9-12,14-15H2,1H3,(H,26,30). The number of piperazine rings is 1. The molecule has 0 aliphatic carbocycles. The molecule has 0 aromatic heterocycles. The zero-order chi connectivity index (χ0) is 24.9. The fraction of sp³-hybridized carbons (Fsp3) is 0.364. The molecule has 184 valence electrons. The minimum Gasteiger partial charge on any atom is -0.368 e. The Morgan fingerprint density at radius 1 is 0.971 bits per heavy atom. The van der Waals surface area contributed by atoms with Gasteiger partial charge in [0.2, 0.25) is 21.8 Å². The lowest BCUT2D eigenvalue weighted by Crippen LogP contribution is -2.51. The average Bonchev–Trinajstić information content (AvgIpc) is 2.81. The summed E-state index contributed by atoms with van der Waals surface area (Å²) in [7, 11) is -3.86. The highest BCUT2D eigenvalue weighted by Gasteiger charge is 2.31. The maximum Gasteiger partial charge on any atom is 0.416 e. The van der Waals surface area contributed by atoms with E-state index in [1.807, 2.05) is 6.92 Å². The van der Waals surface area contributed by atoms with Gasteiger partial charge in [-0.3, -0.25) is 9.59 Å². The fourth-order valence-electron chi connectivity index (χ4n) is 3.40. The topological polar surface area (TPSA) is 98.8 Å². The molecule has 0 bridgehead atoms. The summed E-state index contributed by atoms with van der Waals surface area (Å²) in [5.41, 5.74) is 0.589. The number of halogens is 3. The first-order valence-electron chi connectivity index (χ1n) is 10.5. The number of carbonyl (C=O) groups is 2. The molecule has 1 aliphatic rings. The summed E-state index contributed by atoms with van der Waals surface area (Å²) in [6, 6.07) is 11.2. The van der Waals surface area contributed by atoms with Crippen LogP contribution in [0.15, 0.2) is 53.4 Å². The first-order valence-corrected chi connectivity index (χ1v) is 12.0. The number of anilines is 1. The Labute approximate surface area is 195 Å². The molecule has 2 amide bonds. The number of hydrogen-bond acceptors (Lipinski definition) is 5. The molecule has 0 unspecified atom stereocenters. The Balaban J connectivity index is 1.44. The molecule has 3 rings (SSSR count). The van der Waals surface area contributed by atoms with Crippen molar-refractivity contribution in [2.75, 3.05) is 44.2 Å². The van der Waals surface area contributed by atoms with Crippen LogP contribution in [0.3, 0.4) is 0 Å². The normalized spacial score (nSPS) is 14.7. The van der Waals surface area contributed by atoms with Gasteiger partial charge in [0.15, 0.2) is 0 Å². The molecule has 12 heteroatoms. The zero-order valence-electron chi connectivity index (χ0n) is 18.4. The van der Waals surface area contributed by atoms with Crippen molar-refractivity contribution in [3.8, 4) is 0 Å². The van der Waals surface area contributed by atoms with Crippen molar-refractivity contribution in [3.63, 3.8) is 0 Å². The van der Waals surface area contributed by atoms with Gasteiger partial charge in [-0.25, -0.2) is 13.1 Å². The number of amides is 2. The SMILES string of the molecule is Cc1ccc(S(=O)(=O)NCC(=O)NCC(=O)N2CCN(c3cccc(C(F)(F)F)c3)CC2)cc1. The molecular weight excluding hydrogens is 473 g/mol. The van der Waals surface area contributed by atoms with Crippen molar-refractivity contribution >= 4 is 27.5 Å². The summed E-state index contributed by atoms with van der Waals surface area (Å²) in [5.74, 6) is -1.02. The summed E-state index contributed by atoms with van der Waals surface area (Å²) in [5, 5.41) is 2.38. The van der Waals surface area contributed by atoms with Crippen LogP contribution >= 0.6 is 0 Å². The number of sulfonamides is 1. The summed E-state index contributed by atoms with van der Waals surface area (Å²) in [6.07, 6.45) is -4.43. The van der Waals surface area contributed by atoms with Gasteiger partial charge < -0.3 is 15.1 Å². The zero-order valence-corrected chi connectivity index (χ0v) is 19.2. The lowest BCUT2D eigenvalue weighted by atomic mass is 10.1. The Bertz CT molecular complexity index is 1130. The predicted molar refractivity (Wildman–Crippen MR) is 120 cm³/mol. The molecule has 0 atom stereocenters. The van der Waals surface area contributed by atoms with Crippen molar-refractivity contribution in [2.45, 2.75) is 18.0 Å². The second kappa shape index (κ2) is 10.4. The third kappa shape index (κ3) is 6.70. The van der Waals surface area contributed by atoms with Crippen molar-refractivity contribution < 1.29 is 31.2 Å². The van der Waals surface area contributed by atoms with Crippen LogP contribution < -0.4 is 14.9 Å². The van der Waals surface area contributed by atoms with Gasteiger partial charge in [0.25, 0.3) is 0 Å². The number of aryl methyl sites for hydroxylation is 1. The van der Waals surface area contributed by atoms with Gasteiger partial charge in [-0.1, -0.05) is 23.8 Å². The minimum atomic E-state index is -4.43. The van der Waals surface area contributed by atoms with Crippen molar-refractivity contribution in [2.24, 2.45) is 0 Å². The maximum absolute atomic E-state index is 12.9. The number of benzene rings is 2. The Morgan fingerprint density at radius 3 is 2.24 bits per heavy atom. The molecule has 1 fully saturated rings. The molecule has 34 heavy (non-hydrogen) atoms. The van der Waals surface area contributed by atoms with Gasteiger partial charge in [0.1, 0.15) is 0 Å². The van der Waals surface area contributed by atoms with Gasteiger partial charge in [-0.15, -0.1) is 0 Å². The molecule has 2 aromatic rings. The van der Waals surface area contributed by atoms with Crippen LogP contribution in [0, 0.1) is 6.92 Å². The number of hydrogen-bond donors (Lipinski definition) is 2. The van der Waals surface area contributed by atoms with Gasteiger partial charge in [0.05, 0.1) is 23.5 Å². The van der Waals surface area contributed by atoms with Gasteiger partial charge in [-0.05, 0) is 37.3 Å². The lowest BCUT2D eigenvalue weighted by Gasteiger charge is -2.36. The number of rotatable bonds is 7. The van der Waals surface area contributed by atoms with E-state index in [0.29, 0.717) is 18.8 Å². The van der Waals surface area contributed by atoms with Crippen LogP contribution in [0.25, 0.3) is 0 Å².